The second-order valence-electron chi connectivity index (χ2n) is 1.76. The standard InChI is InChI=1S/C5H7ClN4O/c1-2-7-4-8-3(6)9-5(11)10-4/h2H2,1H3,(H2,7,8,9,10,11). The van der Waals surface area contributed by atoms with Gasteiger partial charge in [-0.15, -0.1) is 0 Å². The molecule has 0 atom stereocenters. The van der Waals surface area contributed by atoms with E-state index >= 15 is 0 Å². The molecule has 0 bridgehead atoms. The van der Waals surface area contributed by atoms with Crippen LogP contribution in [0.5, 0.6) is 6.01 Å². The van der Waals surface area contributed by atoms with E-state index in [2.05, 4.69) is 20.3 Å². The maximum Gasteiger partial charge on any atom is 0.320 e. The van der Waals surface area contributed by atoms with Crippen LogP contribution in [-0.2, 0) is 0 Å². The number of anilines is 1. The Balaban J connectivity index is 2.89. The van der Waals surface area contributed by atoms with E-state index in [4.69, 9.17) is 16.7 Å². The van der Waals surface area contributed by atoms with Gasteiger partial charge in [-0.2, -0.15) is 15.0 Å². The first-order chi connectivity index (χ1) is 5.22. The van der Waals surface area contributed by atoms with Gasteiger partial charge < -0.3 is 10.4 Å². The van der Waals surface area contributed by atoms with Gasteiger partial charge in [0.1, 0.15) is 0 Å². The second-order valence-corrected chi connectivity index (χ2v) is 2.10. The number of hydrogen-bond acceptors (Lipinski definition) is 5. The second kappa shape index (κ2) is 3.34. The van der Waals surface area contributed by atoms with Gasteiger partial charge in [-0.3, -0.25) is 0 Å². The lowest BCUT2D eigenvalue weighted by Gasteiger charge is -1.99. The first-order valence-electron chi connectivity index (χ1n) is 3.06. The van der Waals surface area contributed by atoms with Crippen molar-refractivity contribution in [2.75, 3.05) is 11.9 Å². The molecule has 5 nitrogen and oxygen atoms in total. The normalized spacial score (nSPS) is 9.64. The number of aromatic hydroxyl groups is 1. The molecule has 0 saturated carbocycles. The molecule has 11 heavy (non-hydrogen) atoms. The summed E-state index contributed by atoms with van der Waals surface area (Å²) in [5.41, 5.74) is 0. The molecule has 0 fully saturated rings. The summed E-state index contributed by atoms with van der Waals surface area (Å²) in [4.78, 5) is 10.6. The average Bonchev–Trinajstić information content (AvgIpc) is 1.85. The molecule has 1 aromatic rings. The van der Waals surface area contributed by atoms with Crippen LogP contribution in [0.1, 0.15) is 6.92 Å². The summed E-state index contributed by atoms with van der Waals surface area (Å²) < 4.78 is 0. The summed E-state index contributed by atoms with van der Waals surface area (Å²) >= 11 is 5.42. The van der Waals surface area contributed by atoms with Gasteiger partial charge in [0.05, 0.1) is 0 Å². The third-order valence-corrected chi connectivity index (χ3v) is 1.10. The average molecular weight is 175 g/mol. The Labute approximate surface area is 68.5 Å². The highest BCUT2D eigenvalue weighted by molar-refractivity contribution is 6.28. The van der Waals surface area contributed by atoms with Crippen molar-refractivity contribution < 1.29 is 5.11 Å². The van der Waals surface area contributed by atoms with Gasteiger partial charge in [-0.1, -0.05) is 0 Å². The van der Waals surface area contributed by atoms with Crippen LogP contribution in [0, 0.1) is 0 Å². The van der Waals surface area contributed by atoms with Crippen LogP contribution in [0.4, 0.5) is 5.95 Å². The number of hydrogen-bond donors (Lipinski definition) is 2. The maximum absolute atomic E-state index is 8.83. The molecule has 0 aromatic carbocycles. The lowest BCUT2D eigenvalue weighted by molar-refractivity contribution is 0.429. The van der Waals surface area contributed by atoms with Crippen molar-refractivity contribution in [3.05, 3.63) is 5.28 Å². The van der Waals surface area contributed by atoms with Gasteiger partial charge in [-0.05, 0) is 18.5 Å². The van der Waals surface area contributed by atoms with Gasteiger partial charge in [0.15, 0.2) is 0 Å². The highest BCUT2D eigenvalue weighted by Gasteiger charge is 2.00. The Morgan fingerprint density at radius 2 is 2.18 bits per heavy atom. The Hall–Kier alpha value is -1.10. The molecular weight excluding hydrogens is 168 g/mol. The highest BCUT2D eigenvalue weighted by Crippen LogP contribution is 2.08. The summed E-state index contributed by atoms with van der Waals surface area (Å²) in [5, 5.41) is 11.6. The molecule has 0 aliphatic heterocycles. The van der Waals surface area contributed by atoms with Crippen molar-refractivity contribution in [1.82, 2.24) is 15.0 Å². The van der Waals surface area contributed by atoms with Gasteiger partial charge >= 0.3 is 6.01 Å². The van der Waals surface area contributed by atoms with E-state index in [1.54, 1.807) is 0 Å². The molecular formula is C5H7ClN4O. The van der Waals surface area contributed by atoms with Gasteiger partial charge in [0, 0.05) is 6.54 Å². The Morgan fingerprint density at radius 3 is 2.73 bits per heavy atom. The van der Waals surface area contributed by atoms with Gasteiger partial charge in [-0.25, -0.2) is 0 Å². The Kier molecular flexibility index (Phi) is 2.43. The van der Waals surface area contributed by atoms with Crippen molar-refractivity contribution in [3.8, 4) is 6.01 Å². The third-order valence-electron chi connectivity index (χ3n) is 0.931. The van der Waals surface area contributed by atoms with Crippen molar-refractivity contribution in [2.24, 2.45) is 0 Å². The molecule has 0 aliphatic rings. The maximum atomic E-state index is 8.83. The van der Waals surface area contributed by atoms with Gasteiger partial charge in [0.25, 0.3) is 0 Å². The van der Waals surface area contributed by atoms with Gasteiger partial charge in [0.2, 0.25) is 11.2 Å². The molecule has 6 heteroatoms. The minimum Gasteiger partial charge on any atom is -0.479 e. The van der Waals surface area contributed by atoms with Crippen LogP contribution in [0.3, 0.4) is 0 Å². The van der Waals surface area contributed by atoms with Crippen LogP contribution in [0.2, 0.25) is 5.28 Å². The van der Waals surface area contributed by atoms with E-state index in [0.29, 0.717) is 6.54 Å². The Bertz CT molecular complexity index is 234. The van der Waals surface area contributed by atoms with E-state index in [9.17, 15) is 0 Å². The summed E-state index contributed by atoms with van der Waals surface area (Å²) in [7, 11) is 0. The molecule has 0 aliphatic carbocycles. The number of nitrogens with one attached hydrogen (secondary N) is 1. The van der Waals surface area contributed by atoms with E-state index in [1.807, 2.05) is 6.92 Å². The van der Waals surface area contributed by atoms with Crippen LogP contribution in [0.25, 0.3) is 0 Å². The highest BCUT2D eigenvalue weighted by atomic mass is 35.5. The predicted molar refractivity (Wildman–Crippen MR) is 40.7 cm³/mol. The lowest BCUT2D eigenvalue weighted by atomic mass is 10.7. The van der Waals surface area contributed by atoms with Crippen LogP contribution in [-0.4, -0.2) is 26.6 Å². The fourth-order valence-electron chi connectivity index (χ4n) is 0.577. The monoisotopic (exact) mass is 174 g/mol. The van der Waals surface area contributed by atoms with Crippen LogP contribution >= 0.6 is 11.6 Å². The number of halogens is 1. The topological polar surface area (TPSA) is 70.9 Å². The molecule has 60 valence electrons. The predicted octanol–water partition coefficient (Wildman–Crippen LogP) is 0.662. The number of nitrogens with zero attached hydrogens (tertiary/aromatic N) is 3. The quantitative estimate of drug-likeness (QED) is 0.690. The number of rotatable bonds is 2. The molecule has 1 heterocycles. The summed E-state index contributed by atoms with van der Waals surface area (Å²) in [6.45, 7) is 2.55. The smallest absolute Gasteiger partial charge is 0.320 e. The number of aromatic nitrogens is 3. The van der Waals surface area contributed by atoms with Crippen molar-refractivity contribution in [1.29, 1.82) is 0 Å². The van der Waals surface area contributed by atoms with Crippen LogP contribution < -0.4 is 5.32 Å². The zero-order valence-corrected chi connectivity index (χ0v) is 6.63. The molecule has 1 aromatic heterocycles. The van der Waals surface area contributed by atoms with E-state index < -0.39 is 0 Å². The molecule has 1 rings (SSSR count). The lowest BCUT2D eigenvalue weighted by Crippen LogP contribution is -2.02. The zero-order chi connectivity index (χ0) is 8.27. The zero-order valence-electron chi connectivity index (χ0n) is 5.87. The van der Waals surface area contributed by atoms with Crippen LogP contribution in [0.15, 0.2) is 0 Å². The first kappa shape index (κ1) is 8.00. The fourth-order valence-corrected chi connectivity index (χ4v) is 0.732. The van der Waals surface area contributed by atoms with Crippen molar-refractivity contribution in [2.45, 2.75) is 6.92 Å². The van der Waals surface area contributed by atoms with Crippen molar-refractivity contribution in [3.63, 3.8) is 0 Å². The molecule has 0 radical (unpaired) electrons. The van der Waals surface area contributed by atoms with E-state index in [0.717, 1.165) is 0 Å². The minimum atomic E-state index is -0.374. The fraction of sp³-hybridized carbons (Fsp3) is 0.400. The first-order valence-corrected chi connectivity index (χ1v) is 3.44. The third kappa shape index (κ3) is 2.19. The van der Waals surface area contributed by atoms with Crippen molar-refractivity contribution >= 4 is 17.5 Å². The molecule has 0 saturated heterocycles. The summed E-state index contributed by atoms with van der Waals surface area (Å²) in [6, 6.07) is -0.374. The summed E-state index contributed by atoms with van der Waals surface area (Å²) in [6.07, 6.45) is 0. The summed E-state index contributed by atoms with van der Waals surface area (Å²) in [5.74, 6) is 0.282. The minimum absolute atomic E-state index is 0.0200. The molecule has 0 amide bonds. The SMILES string of the molecule is CCNc1nc(O)nc(Cl)n1. The van der Waals surface area contributed by atoms with E-state index in [-0.39, 0.29) is 17.2 Å². The molecule has 0 spiro atoms. The largest absolute Gasteiger partial charge is 0.479 e. The molecule has 2 N–H and O–H groups in total. The Morgan fingerprint density at radius 1 is 1.45 bits per heavy atom. The molecule has 0 unspecified atom stereocenters. The van der Waals surface area contributed by atoms with E-state index in [1.165, 1.54) is 0 Å².